The summed E-state index contributed by atoms with van der Waals surface area (Å²) in [7, 11) is 0. The van der Waals surface area contributed by atoms with E-state index in [1.54, 1.807) is 35.8 Å². The molecular weight excluding hydrogens is 354 g/mol. The van der Waals surface area contributed by atoms with Gasteiger partial charge in [-0.25, -0.2) is 4.98 Å². The molecule has 0 unspecified atom stereocenters. The molecule has 2 heterocycles. The van der Waals surface area contributed by atoms with Crippen LogP contribution >= 0.6 is 11.6 Å². The highest BCUT2D eigenvalue weighted by molar-refractivity contribution is 6.30. The van der Waals surface area contributed by atoms with Crippen LogP contribution in [0.5, 0.6) is 0 Å². The Hall–Kier alpha value is -2.60. The Bertz CT molecular complexity index is 1030. The summed E-state index contributed by atoms with van der Waals surface area (Å²) in [4.78, 5) is 30.1. The van der Waals surface area contributed by atoms with Gasteiger partial charge in [0.1, 0.15) is 17.5 Å². The number of rotatable bonds is 3. The Labute approximate surface area is 154 Å². The summed E-state index contributed by atoms with van der Waals surface area (Å²) >= 11 is 5.87. The number of fused-ring (bicyclic) bond motifs is 1. The monoisotopic (exact) mass is 371 g/mol. The number of carbonyl (C=O) groups excluding carboxylic acids is 1. The molecule has 7 heteroatoms. The zero-order valence-electron chi connectivity index (χ0n) is 14.3. The second-order valence-electron chi connectivity index (χ2n) is 6.57. The van der Waals surface area contributed by atoms with E-state index >= 15 is 0 Å². The van der Waals surface area contributed by atoms with Crippen molar-refractivity contribution in [1.29, 1.82) is 0 Å². The molecule has 1 N–H and O–H groups in total. The van der Waals surface area contributed by atoms with Gasteiger partial charge in [0.25, 0.3) is 11.5 Å². The minimum absolute atomic E-state index is 0.141. The van der Waals surface area contributed by atoms with Gasteiger partial charge in [0.15, 0.2) is 0 Å². The number of hydrogen-bond acceptors (Lipinski definition) is 4. The van der Waals surface area contributed by atoms with Gasteiger partial charge in [0.2, 0.25) is 5.71 Å². The number of furan rings is 1. The first-order chi connectivity index (χ1) is 12.5. The molecule has 3 aromatic rings. The van der Waals surface area contributed by atoms with Gasteiger partial charge in [-0.05, 0) is 44.0 Å². The first kappa shape index (κ1) is 16.8. The number of aromatic nitrogens is 2. The predicted octanol–water partition coefficient (Wildman–Crippen LogP) is 4.32. The van der Waals surface area contributed by atoms with E-state index in [1.807, 2.05) is 0 Å². The van der Waals surface area contributed by atoms with E-state index in [0.717, 1.165) is 25.7 Å². The van der Waals surface area contributed by atoms with Gasteiger partial charge < -0.3 is 9.73 Å². The Morgan fingerprint density at radius 2 is 1.96 bits per heavy atom. The third-order valence-corrected chi connectivity index (χ3v) is 5.11. The topological polar surface area (TPSA) is 77.1 Å². The standard InChI is InChI=1S/C19H18ClN3O3/c1-11-15(17(24)22-13-8-6-12(20)7-9-13)16-18(26-11)21-10-23(19(16)25)14-4-2-3-5-14/h6-10,14H,2-5H2,1H3,(H,22,24). The second-order valence-corrected chi connectivity index (χ2v) is 7.01. The fourth-order valence-corrected chi connectivity index (χ4v) is 3.68. The summed E-state index contributed by atoms with van der Waals surface area (Å²) in [6, 6.07) is 6.92. The molecule has 0 aliphatic heterocycles. The third kappa shape index (κ3) is 2.90. The van der Waals surface area contributed by atoms with Gasteiger partial charge in [-0.1, -0.05) is 24.4 Å². The maximum Gasteiger partial charge on any atom is 0.265 e. The highest BCUT2D eigenvalue weighted by atomic mass is 35.5. The number of nitrogens with zero attached hydrogens (tertiary/aromatic N) is 2. The number of hydrogen-bond donors (Lipinski definition) is 1. The van der Waals surface area contributed by atoms with Crippen LogP contribution in [0.2, 0.25) is 5.02 Å². The van der Waals surface area contributed by atoms with E-state index < -0.39 is 5.91 Å². The van der Waals surface area contributed by atoms with Crippen LogP contribution in [-0.4, -0.2) is 15.5 Å². The first-order valence-corrected chi connectivity index (χ1v) is 8.99. The summed E-state index contributed by atoms with van der Waals surface area (Å²) in [5, 5.41) is 3.61. The molecule has 4 rings (SSSR count). The smallest absolute Gasteiger partial charge is 0.265 e. The second kappa shape index (κ2) is 6.61. The minimum Gasteiger partial charge on any atom is -0.442 e. The summed E-state index contributed by atoms with van der Waals surface area (Å²) in [6.45, 7) is 1.66. The van der Waals surface area contributed by atoms with Gasteiger partial charge in [-0.3, -0.25) is 14.2 Å². The van der Waals surface area contributed by atoms with Crippen molar-refractivity contribution in [2.24, 2.45) is 0 Å². The number of benzene rings is 1. The van der Waals surface area contributed by atoms with Crippen molar-refractivity contribution in [2.75, 3.05) is 5.32 Å². The lowest BCUT2D eigenvalue weighted by Gasteiger charge is -2.12. The van der Waals surface area contributed by atoms with E-state index in [1.165, 1.54) is 6.33 Å². The van der Waals surface area contributed by atoms with Gasteiger partial charge in [0.05, 0.1) is 5.56 Å². The van der Waals surface area contributed by atoms with Crippen LogP contribution in [0.4, 0.5) is 5.69 Å². The summed E-state index contributed by atoms with van der Waals surface area (Å²) in [5.74, 6) is -0.0214. The van der Waals surface area contributed by atoms with Crippen molar-refractivity contribution in [1.82, 2.24) is 9.55 Å². The molecule has 26 heavy (non-hydrogen) atoms. The van der Waals surface area contributed by atoms with Crippen LogP contribution in [0.1, 0.15) is 47.8 Å². The summed E-state index contributed by atoms with van der Waals surface area (Å²) in [6.07, 6.45) is 5.64. The molecule has 0 radical (unpaired) electrons. The fraction of sp³-hybridized carbons (Fsp3) is 0.316. The summed E-state index contributed by atoms with van der Waals surface area (Å²) < 4.78 is 7.21. The van der Waals surface area contributed by atoms with Crippen LogP contribution < -0.4 is 10.9 Å². The number of aryl methyl sites for hydroxylation is 1. The van der Waals surface area contributed by atoms with Crippen LogP contribution in [-0.2, 0) is 0 Å². The van der Waals surface area contributed by atoms with E-state index in [-0.39, 0.29) is 28.3 Å². The van der Waals surface area contributed by atoms with E-state index in [0.29, 0.717) is 16.5 Å². The Kier molecular flexibility index (Phi) is 4.28. The Balaban J connectivity index is 1.77. The van der Waals surface area contributed by atoms with Gasteiger partial charge in [-0.2, -0.15) is 0 Å². The van der Waals surface area contributed by atoms with Crippen LogP contribution in [0.15, 0.2) is 39.8 Å². The average molecular weight is 372 g/mol. The number of nitrogens with one attached hydrogen (secondary N) is 1. The van der Waals surface area contributed by atoms with Crippen molar-refractivity contribution in [2.45, 2.75) is 38.6 Å². The SMILES string of the molecule is Cc1oc2ncn(C3CCCC3)c(=O)c2c1C(=O)Nc1ccc(Cl)cc1. The van der Waals surface area contributed by atoms with Crippen molar-refractivity contribution >= 4 is 34.3 Å². The van der Waals surface area contributed by atoms with Crippen LogP contribution in [0.25, 0.3) is 11.1 Å². The minimum atomic E-state index is -0.397. The normalized spacial score (nSPS) is 14.8. The van der Waals surface area contributed by atoms with E-state index in [4.69, 9.17) is 16.0 Å². The molecule has 134 valence electrons. The van der Waals surface area contributed by atoms with Crippen molar-refractivity contribution < 1.29 is 9.21 Å². The Morgan fingerprint density at radius 1 is 1.27 bits per heavy atom. The molecule has 1 amide bonds. The molecule has 1 aliphatic rings. The third-order valence-electron chi connectivity index (χ3n) is 4.86. The molecule has 1 aliphatic carbocycles. The molecule has 2 aromatic heterocycles. The van der Waals surface area contributed by atoms with Crippen molar-refractivity contribution in [3.05, 3.63) is 57.3 Å². The van der Waals surface area contributed by atoms with Crippen molar-refractivity contribution in [3.8, 4) is 0 Å². The molecule has 0 saturated heterocycles. The van der Waals surface area contributed by atoms with Gasteiger partial charge >= 0.3 is 0 Å². The van der Waals surface area contributed by atoms with Gasteiger partial charge in [-0.15, -0.1) is 0 Å². The molecule has 0 atom stereocenters. The highest BCUT2D eigenvalue weighted by Gasteiger charge is 2.25. The maximum atomic E-state index is 13.0. The number of amides is 1. The maximum absolute atomic E-state index is 13.0. The largest absolute Gasteiger partial charge is 0.442 e. The van der Waals surface area contributed by atoms with E-state index in [2.05, 4.69) is 10.3 Å². The van der Waals surface area contributed by atoms with Crippen molar-refractivity contribution in [3.63, 3.8) is 0 Å². The lowest BCUT2D eigenvalue weighted by atomic mass is 10.1. The zero-order valence-corrected chi connectivity index (χ0v) is 15.0. The molecule has 1 fully saturated rings. The zero-order chi connectivity index (χ0) is 18.3. The molecule has 1 aromatic carbocycles. The molecule has 1 saturated carbocycles. The highest BCUT2D eigenvalue weighted by Crippen LogP contribution is 2.29. The number of carbonyl (C=O) groups is 1. The average Bonchev–Trinajstić information content (AvgIpc) is 3.25. The Morgan fingerprint density at radius 3 is 2.65 bits per heavy atom. The number of anilines is 1. The molecule has 0 spiro atoms. The van der Waals surface area contributed by atoms with Crippen LogP contribution in [0, 0.1) is 6.92 Å². The molecular formula is C19H18ClN3O3. The summed E-state index contributed by atoms with van der Waals surface area (Å²) in [5.41, 5.74) is 0.802. The lowest BCUT2D eigenvalue weighted by Crippen LogP contribution is -2.25. The number of halogens is 1. The van der Waals surface area contributed by atoms with Crippen LogP contribution in [0.3, 0.4) is 0 Å². The predicted molar refractivity (Wildman–Crippen MR) is 99.9 cm³/mol. The first-order valence-electron chi connectivity index (χ1n) is 8.62. The fourth-order valence-electron chi connectivity index (χ4n) is 3.56. The molecule has 6 nitrogen and oxygen atoms in total. The quantitative estimate of drug-likeness (QED) is 0.743. The van der Waals surface area contributed by atoms with Gasteiger partial charge in [0, 0.05) is 16.8 Å². The van der Waals surface area contributed by atoms with E-state index in [9.17, 15) is 9.59 Å². The lowest BCUT2D eigenvalue weighted by molar-refractivity contribution is 0.102. The molecule has 0 bridgehead atoms.